The lowest BCUT2D eigenvalue weighted by molar-refractivity contribution is -0.134. The van der Waals surface area contributed by atoms with E-state index in [9.17, 15) is 9.59 Å². The number of hydrogen-bond donors (Lipinski definition) is 2. The second kappa shape index (κ2) is 11.4. The number of methoxy groups -OCH3 is 1. The summed E-state index contributed by atoms with van der Waals surface area (Å²) in [4.78, 5) is 28.9. The van der Waals surface area contributed by atoms with Gasteiger partial charge >= 0.3 is 0 Å². The maximum absolute atomic E-state index is 12.7. The lowest BCUT2D eigenvalue weighted by atomic mass is 10.1. The van der Waals surface area contributed by atoms with Crippen molar-refractivity contribution < 1.29 is 14.3 Å². The van der Waals surface area contributed by atoms with E-state index in [-0.39, 0.29) is 33.3 Å². The van der Waals surface area contributed by atoms with Crippen molar-refractivity contribution in [2.45, 2.75) is 13.8 Å². The SMILES string of the molecule is COc1c(Cl)cc(Cl)cc1C(=O)NC(=S)Nc1ccc(N2CCN(C(=O)C(C)C)CC2)c(Cl)c1. The normalized spacial score (nSPS) is 13.6. The summed E-state index contributed by atoms with van der Waals surface area (Å²) in [5, 5.41) is 6.67. The van der Waals surface area contributed by atoms with Crippen molar-refractivity contribution in [1.29, 1.82) is 0 Å². The number of anilines is 2. The molecule has 1 fully saturated rings. The molecule has 2 N–H and O–H groups in total. The van der Waals surface area contributed by atoms with Gasteiger partial charge < -0.3 is 19.9 Å². The Morgan fingerprint density at radius 2 is 1.71 bits per heavy atom. The van der Waals surface area contributed by atoms with Gasteiger partial charge in [-0.2, -0.15) is 0 Å². The van der Waals surface area contributed by atoms with Gasteiger partial charge in [-0.3, -0.25) is 14.9 Å². The van der Waals surface area contributed by atoms with Gasteiger partial charge in [-0.1, -0.05) is 48.7 Å². The van der Waals surface area contributed by atoms with E-state index in [1.807, 2.05) is 30.9 Å². The number of hydrogen-bond acceptors (Lipinski definition) is 5. The molecule has 0 saturated carbocycles. The average molecular weight is 544 g/mol. The minimum Gasteiger partial charge on any atom is -0.494 e. The first-order valence-electron chi connectivity index (χ1n) is 10.6. The van der Waals surface area contributed by atoms with Gasteiger partial charge in [0.2, 0.25) is 5.91 Å². The molecule has 2 aromatic carbocycles. The van der Waals surface area contributed by atoms with Crippen molar-refractivity contribution in [1.82, 2.24) is 10.2 Å². The molecule has 0 unspecified atom stereocenters. The number of rotatable bonds is 5. The van der Waals surface area contributed by atoms with Gasteiger partial charge in [0.15, 0.2) is 5.11 Å². The highest BCUT2D eigenvalue weighted by molar-refractivity contribution is 7.80. The van der Waals surface area contributed by atoms with Gasteiger partial charge in [0.1, 0.15) is 5.75 Å². The molecule has 0 aliphatic carbocycles. The van der Waals surface area contributed by atoms with Crippen LogP contribution in [0.1, 0.15) is 24.2 Å². The number of ether oxygens (including phenoxy) is 1. The van der Waals surface area contributed by atoms with Crippen LogP contribution in [0.15, 0.2) is 30.3 Å². The Balaban J connectivity index is 1.62. The Hall–Kier alpha value is -2.26. The zero-order chi connectivity index (χ0) is 25.0. The Bertz CT molecular complexity index is 1110. The monoisotopic (exact) mass is 542 g/mol. The molecule has 0 radical (unpaired) electrons. The minimum absolute atomic E-state index is 0.0122. The molecular weight excluding hydrogens is 519 g/mol. The molecule has 1 heterocycles. The number of halogens is 3. The molecule has 11 heteroatoms. The molecular formula is C23H25Cl3N4O3S. The molecule has 0 bridgehead atoms. The number of carbonyl (C=O) groups excluding carboxylic acids is 2. The standard InChI is InChI=1S/C23H25Cl3N4O3S/c1-13(2)22(32)30-8-6-29(7-9-30)19-5-4-15(12-17(19)25)27-23(34)28-21(31)16-10-14(24)11-18(26)20(16)33-3/h4-5,10-13H,6-9H2,1-3H3,(H2,27,28,31,34). The van der Waals surface area contributed by atoms with Gasteiger partial charge in [-0.15, -0.1) is 0 Å². The van der Waals surface area contributed by atoms with Crippen molar-refractivity contribution in [3.05, 3.63) is 51.0 Å². The fourth-order valence-electron chi connectivity index (χ4n) is 3.64. The first-order chi connectivity index (χ1) is 16.1. The van der Waals surface area contributed by atoms with Crippen LogP contribution in [-0.2, 0) is 4.79 Å². The average Bonchev–Trinajstić information content (AvgIpc) is 2.78. The Labute approximate surface area is 219 Å². The summed E-state index contributed by atoms with van der Waals surface area (Å²) in [7, 11) is 1.41. The van der Waals surface area contributed by atoms with Crippen molar-refractivity contribution in [3.8, 4) is 5.75 Å². The van der Waals surface area contributed by atoms with Crippen molar-refractivity contribution in [2.75, 3.05) is 43.5 Å². The number of thiocarbonyl (C=S) groups is 1. The maximum Gasteiger partial charge on any atom is 0.261 e. The molecule has 1 aliphatic heterocycles. The maximum atomic E-state index is 12.7. The smallest absolute Gasteiger partial charge is 0.261 e. The zero-order valence-corrected chi connectivity index (χ0v) is 22.0. The molecule has 7 nitrogen and oxygen atoms in total. The number of piperazine rings is 1. The van der Waals surface area contributed by atoms with Crippen LogP contribution in [0.25, 0.3) is 0 Å². The number of benzene rings is 2. The fraction of sp³-hybridized carbons (Fsp3) is 0.348. The van der Waals surface area contributed by atoms with Gasteiger partial charge in [0.25, 0.3) is 5.91 Å². The van der Waals surface area contributed by atoms with Crippen LogP contribution in [0.2, 0.25) is 15.1 Å². The quantitative estimate of drug-likeness (QED) is 0.512. The number of amides is 2. The van der Waals surface area contributed by atoms with E-state index in [1.54, 1.807) is 6.07 Å². The van der Waals surface area contributed by atoms with Crippen molar-refractivity contribution in [2.24, 2.45) is 5.92 Å². The van der Waals surface area contributed by atoms with Gasteiger partial charge in [0.05, 0.1) is 28.4 Å². The van der Waals surface area contributed by atoms with Crippen LogP contribution in [0, 0.1) is 5.92 Å². The van der Waals surface area contributed by atoms with E-state index in [0.29, 0.717) is 41.9 Å². The first-order valence-corrected chi connectivity index (χ1v) is 12.1. The molecule has 0 spiro atoms. The van der Waals surface area contributed by atoms with E-state index in [2.05, 4.69) is 15.5 Å². The molecule has 1 saturated heterocycles. The lowest BCUT2D eigenvalue weighted by Crippen LogP contribution is -2.50. The third-order valence-electron chi connectivity index (χ3n) is 5.32. The third kappa shape index (κ3) is 6.24. The van der Waals surface area contributed by atoms with Gasteiger partial charge in [0, 0.05) is 42.8 Å². The van der Waals surface area contributed by atoms with Gasteiger partial charge in [-0.05, 0) is 42.5 Å². The zero-order valence-electron chi connectivity index (χ0n) is 19.0. The summed E-state index contributed by atoms with van der Waals surface area (Å²) < 4.78 is 5.21. The number of nitrogens with one attached hydrogen (secondary N) is 2. The summed E-state index contributed by atoms with van der Waals surface area (Å²) in [6, 6.07) is 8.38. The minimum atomic E-state index is -0.518. The third-order valence-corrected chi connectivity index (χ3v) is 6.32. The van der Waals surface area contributed by atoms with Gasteiger partial charge in [-0.25, -0.2) is 0 Å². The molecule has 1 aliphatic rings. The molecule has 3 rings (SSSR count). The number of carbonyl (C=O) groups is 2. The molecule has 0 aromatic heterocycles. The van der Waals surface area contributed by atoms with Crippen LogP contribution in [0.3, 0.4) is 0 Å². The molecule has 2 amide bonds. The van der Waals surface area contributed by atoms with Crippen molar-refractivity contribution in [3.63, 3.8) is 0 Å². The van der Waals surface area contributed by atoms with E-state index < -0.39 is 5.91 Å². The Morgan fingerprint density at radius 1 is 1.03 bits per heavy atom. The highest BCUT2D eigenvalue weighted by Gasteiger charge is 2.24. The topological polar surface area (TPSA) is 73.9 Å². The lowest BCUT2D eigenvalue weighted by Gasteiger charge is -2.37. The van der Waals surface area contributed by atoms with E-state index in [1.165, 1.54) is 19.2 Å². The second-order valence-electron chi connectivity index (χ2n) is 8.01. The van der Waals surface area contributed by atoms with Crippen LogP contribution in [0.4, 0.5) is 11.4 Å². The Morgan fingerprint density at radius 3 is 2.29 bits per heavy atom. The fourth-order valence-corrected chi connectivity index (χ4v) is 4.72. The largest absolute Gasteiger partial charge is 0.494 e. The first kappa shape index (κ1) is 26.3. The second-order valence-corrected chi connectivity index (χ2v) is 9.67. The van der Waals surface area contributed by atoms with E-state index >= 15 is 0 Å². The van der Waals surface area contributed by atoms with Crippen LogP contribution >= 0.6 is 47.0 Å². The van der Waals surface area contributed by atoms with E-state index in [0.717, 1.165) is 5.69 Å². The summed E-state index contributed by atoms with van der Waals surface area (Å²) in [5.41, 5.74) is 1.65. The predicted molar refractivity (Wildman–Crippen MR) is 142 cm³/mol. The Kier molecular flexibility index (Phi) is 8.87. The van der Waals surface area contributed by atoms with Crippen LogP contribution in [0.5, 0.6) is 5.75 Å². The predicted octanol–water partition coefficient (Wildman–Crippen LogP) is 5.09. The van der Waals surface area contributed by atoms with E-state index in [4.69, 9.17) is 51.8 Å². The molecule has 182 valence electrons. The summed E-state index contributed by atoms with van der Waals surface area (Å²) in [5.74, 6) is -0.162. The molecule has 34 heavy (non-hydrogen) atoms. The summed E-state index contributed by atoms with van der Waals surface area (Å²) in [6.45, 7) is 6.52. The summed E-state index contributed by atoms with van der Waals surface area (Å²) >= 11 is 23.9. The summed E-state index contributed by atoms with van der Waals surface area (Å²) in [6.07, 6.45) is 0. The number of nitrogens with zero attached hydrogens (tertiary/aromatic N) is 2. The van der Waals surface area contributed by atoms with Crippen molar-refractivity contribution >= 4 is 75.3 Å². The molecule has 0 atom stereocenters. The highest BCUT2D eigenvalue weighted by atomic mass is 35.5. The highest BCUT2D eigenvalue weighted by Crippen LogP contribution is 2.32. The van der Waals surface area contributed by atoms with Crippen LogP contribution < -0.4 is 20.3 Å². The molecule has 2 aromatic rings. The van der Waals surface area contributed by atoms with Crippen LogP contribution in [-0.4, -0.2) is 55.1 Å².